The van der Waals surface area contributed by atoms with E-state index in [0.29, 0.717) is 29.1 Å². The van der Waals surface area contributed by atoms with Crippen molar-refractivity contribution in [3.8, 4) is 0 Å². The fraction of sp³-hybridized carbons (Fsp3) is 0.333. The molecule has 2 aromatic rings. The van der Waals surface area contributed by atoms with Crippen molar-refractivity contribution in [2.24, 2.45) is 5.92 Å². The summed E-state index contributed by atoms with van der Waals surface area (Å²) in [7, 11) is 0. The Labute approximate surface area is 166 Å². The summed E-state index contributed by atoms with van der Waals surface area (Å²) in [5.41, 5.74) is 1.68. The Kier molecular flexibility index (Phi) is 4.65. The highest BCUT2D eigenvalue weighted by Crippen LogP contribution is 2.54. The molecular formula is C21H20F2N2O2S. The van der Waals surface area contributed by atoms with Gasteiger partial charge < -0.3 is 9.80 Å². The topological polar surface area (TPSA) is 40.6 Å². The minimum Gasteiger partial charge on any atom is -0.315 e. The highest BCUT2D eigenvalue weighted by molar-refractivity contribution is 8.01. The number of rotatable bonds is 3. The van der Waals surface area contributed by atoms with Gasteiger partial charge in [-0.25, -0.2) is 8.78 Å². The number of carbonyl (C=O) groups is 2. The Morgan fingerprint density at radius 1 is 1.18 bits per heavy atom. The van der Waals surface area contributed by atoms with Crippen LogP contribution in [0.1, 0.15) is 25.0 Å². The average Bonchev–Trinajstić information content (AvgIpc) is 3.18. The second kappa shape index (κ2) is 6.88. The third kappa shape index (κ3) is 2.80. The Bertz CT molecular complexity index is 965. The van der Waals surface area contributed by atoms with Gasteiger partial charge in [0.2, 0.25) is 5.91 Å². The van der Waals surface area contributed by atoms with E-state index in [1.54, 1.807) is 36.9 Å². The van der Waals surface area contributed by atoms with Gasteiger partial charge in [-0.1, -0.05) is 26.0 Å². The van der Waals surface area contributed by atoms with Crippen molar-refractivity contribution in [2.45, 2.75) is 25.3 Å². The second-order valence-corrected chi connectivity index (χ2v) is 8.61. The Hall–Kier alpha value is -2.41. The van der Waals surface area contributed by atoms with E-state index in [1.165, 1.54) is 40.9 Å². The van der Waals surface area contributed by atoms with Crippen LogP contribution in [0.15, 0.2) is 42.5 Å². The molecular weight excluding hydrogens is 382 g/mol. The number of anilines is 1. The molecule has 1 atom stereocenters. The molecule has 2 aromatic carbocycles. The fourth-order valence-electron chi connectivity index (χ4n) is 3.89. The van der Waals surface area contributed by atoms with Crippen LogP contribution in [0.2, 0.25) is 0 Å². The van der Waals surface area contributed by atoms with E-state index >= 15 is 0 Å². The molecule has 0 unspecified atom stereocenters. The molecule has 0 N–H and O–H groups in total. The molecule has 146 valence electrons. The Morgan fingerprint density at radius 2 is 1.93 bits per heavy atom. The van der Waals surface area contributed by atoms with E-state index in [4.69, 9.17) is 0 Å². The molecule has 0 radical (unpaired) electrons. The summed E-state index contributed by atoms with van der Waals surface area (Å²) in [6, 6.07) is 10.3. The van der Waals surface area contributed by atoms with Crippen molar-refractivity contribution in [1.29, 1.82) is 0 Å². The lowest BCUT2D eigenvalue weighted by molar-refractivity contribution is -0.142. The molecule has 0 aliphatic carbocycles. The van der Waals surface area contributed by atoms with E-state index in [2.05, 4.69) is 0 Å². The van der Waals surface area contributed by atoms with Gasteiger partial charge in [0.1, 0.15) is 11.6 Å². The summed E-state index contributed by atoms with van der Waals surface area (Å²) in [4.78, 5) is 28.3. The molecule has 4 nitrogen and oxygen atoms in total. The molecule has 0 saturated carbocycles. The normalized spacial score (nSPS) is 21.1. The van der Waals surface area contributed by atoms with Gasteiger partial charge in [0, 0.05) is 23.8 Å². The molecule has 4 rings (SSSR count). The van der Waals surface area contributed by atoms with Crippen molar-refractivity contribution in [3.63, 3.8) is 0 Å². The first kappa shape index (κ1) is 18.9. The summed E-state index contributed by atoms with van der Waals surface area (Å²) >= 11 is 1.36. The first-order chi connectivity index (χ1) is 13.3. The largest absolute Gasteiger partial charge is 0.315 e. The lowest BCUT2D eigenvalue weighted by Crippen LogP contribution is -2.51. The zero-order valence-electron chi connectivity index (χ0n) is 15.6. The zero-order valence-corrected chi connectivity index (χ0v) is 16.4. The number of hydrogen-bond donors (Lipinski definition) is 0. The predicted molar refractivity (Wildman–Crippen MR) is 105 cm³/mol. The van der Waals surface area contributed by atoms with Crippen molar-refractivity contribution < 1.29 is 18.4 Å². The van der Waals surface area contributed by atoms with E-state index < -0.39 is 10.7 Å². The quantitative estimate of drug-likeness (QED) is 0.782. The number of carbonyl (C=O) groups excluding carboxylic acids is 2. The number of fused-ring (bicyclic) bond motifs is 2. The van der Waals surface area contributed by atoms with Crippen molar-refractivity contribution in [2.75, 3.05) is 17.2 Å². The van der Waals surface area contributed by atoms with Crippen LogP contribution in [0.25, 0.3) is 0 Å². The smallest absolute Gasteiger partial charge is 0.268 e. The van der Waals surface area contributed by atoms with Gasteiger partial charge in [0.25, 0.3) is 5.91 Å². The zero-order chi connectivity index (χ0) is 20.1. The molecule has 0 bridgehead atoms. The highest BCUT2D eigenvalue weighted by atomic mass is 32.2. The van der Waals surface area contributed by atoms with Crippen LogP contribution in [0, 0.1) is 17.6 Å². The van der Waals surface area contributed by atoms with Crippen LogP contribution in [0.4, 0.5) is 14.5 Å². The van der Waals surface area contributed by atoms with Gasteiger partial charge in [-0.05, 0) is 35.9 Å². The summed E-state index contributed by atoms with van der Waals surface area (Å²) in [6.45, 7) is 4.16. The van der Waals surface area contributed by atoms with Crippen molar-refractivity contribution >= 4 is 29.3 Å². The molecule has 2 aliphatic heterocycles. The van der Waals surface area contributed by atoms with Crippen LogP contribution in [-0.2, 0) is 21.0 Å². The number of halogens is 2. The van der Waals surface area contributed by atoms with Crippen LogP contribution in [0.3, 0.4) is 0 Å². The van der Waals surface area contributed by atoms with Gasteiger partial charge in [0.05, 0.1) is 12.2 Å². The Balaban J connectivity index is 1.82. The summed E-state index contributed by atoms with van der Waals surface area (Å²) in [5, 5.41) is 0. The molecule has 2 heterocycles. The van der Waals surface area contributed by atoms with Crippen molar-refractivity contribution in [3.05, 3.63) is 65.2 Å². The molecule has 0 aromatic heterocycles. The number of thioether (sulfide) groups is 1. The van der Waals surface area contributed by atoms with Gasteiger partial charge in [-0.15, -0.1) is 11.8 Å². The van der Waals surface area contributed by atoms with Crippen LogP contribution in [-0.4, -0.2) is 29.0 Å². The van der Waals surface area contributed by atoms with E-state index in [-0.39, 0.29) is 30.1 Å². The minimum absolute atomic E-state index is 0.138. The molecule has 28 heavy (non-hydrogen) atoms. The van der Waals surface area contributed by atoms with Gasteiger partial charge in [-0.2, -0.15) is 0 Å². The van der Waals surface area contributed by atoms with Crippen LogP contribution < -0.4 is 4.90 Å². The number of amides is 2. The van der Waals surface area contributed by atoms with Crippen molar-refractivity contribution in [1.82, 2.24) is 4.90 Å². The minimum atomic E-state index is -1.26. The van der Waals surface area contributed by atoms with Gasteiger partial charge in [-0.3, -0.25) is 9.59 Å². The highest BCUT2D eigenvalue weighted by Gasteiger charge is 2.59. The second-order valence-electron chi connectivity index (χ2n) is 7.32. The SMILES string of the molecule is CC(C)C(=O)N1CCS[C@@]12C(=O)N(Cc1cccc(F)c1)c1ccc(F)cc12. The lowest BCUT2D eigenvalue weighted by Gasteiger charge is -2.34. The first-order valence-corrected chi connectivity index (χ1v) is 10.1. The third-order valence-electron chi connectivity index (χ3n) is 5.15. The van der Waals surface area contributed by atoms with E-state index in [1.807, 2.05) is 0 Å². The molecule has 7 heteroatoms. The Morgan fingerprint density at radius 3 is 2.64 bits per heavy atom. The summed E-state index contributed by atoms with van der Waals surface area (Å²) in [6.07, 6.45) is 0. The van der Waals surface area contributed by atoms with E-state index in [9.17, 15) is 18.4 Å². The maximum absolute atomic E-state index is 14.1. The molecule has 1 fully saturated rings. The summed E-state index contributed by atoms with van der Waals surface area (Å²) < 4.78 is 27.8. The lowest BCUT2D eigenvalue weighted by atomic mass is 10.0. The standard InChI is InChI=1S/C21H20F2N2O2S/c1-13(2)19(26)25-8-9-28-21(25)17-11-16(23)6-7-18(17)24(20(21)27)12-14-4-3-5-15(22)10-14/h3-7,10-11,13H,8-9,12H2,1-2H3/t21-/m0/s1. The van der Waals surface area contributed by atoms with Gasteiger partial charge in [0.15, 0.2) is 4.87 Å². The number of benzene rings is 2. The average molecular weight is 402 g/mol. The van der Waals surface area contributed by atoms with Crippen LogP contribution >= 0.6 is 11.8 Å². The molecule has 2 amide bonds. The monoisotopic (exact) mass is 402 g/mol. The first-order valence-electron chi connectivity index (χ1n) is 9.16. The maximum atomic E-state index is 14.1. The van der Waals surface area contributed by atoms with Gasteiger partial charge >= 0.3 is 0 Å². The maximum Gasteiger partial charge on any atom is 0.268 e. The molecule has 1 spiro atoms. The third-order valence-corrected chi connectivity index (χ3v) is 6.56. The number of hydrogen-bond acceptors (Lipinski definition) is 3. The fourth-order valence-corrected chi connectivity index (χ4v) is 5.35. The predicted octanol–water partition coefficient (Wildman–Crippen LogP) is 3.90. The molecule has 1 saturated heterocycles. The number of nitrogens with zero attached hydrogens (tertiary/aromatic N) is 2. The summed E-state index contributed by atoms with van der Waals surface area (Å²) in [5.74, 6) is -0.950. The van der Waals surface area contributed by atoms with E-state index in [0.717, 1.165) is 0 Å². The van der Waals surface area contributed by atoms with Crippen LogP contribution in [0.5, 0.6) is 0 Å². The molecule has 2 aliphatic rings.